The number of aryl methyl sites for hydroxylation is 2. The molecule has 136 valence electrons. The Labute approximate surface area is 156 Å². The van der Waals surface area contributed by atoms with Crippen LogP contribution in [-0.4, -0.2) is 17.0 Å². The zero-order chi connectivity index (χ0) is 19.1. The number of amides is 1. The van der Waals surface area contributed by atoms with Crippen LogP contribution in [0, 0.1) is 6.92 Å². The predicted molar refractivity (Wildman–Crippen MR) is 107 cm³/mol. The van der Waals surface area contributed by atoms with E-state index < -0.39 is 5.63 Å². The number of rotatable bonds is 3. The molecule has 0 bridgehead atoms. The summed E-state index contributed by atoms with van der Waals surface area (Å²) < 4.78 is 7.21. The fourth-order valence-electron chi connectivity index (χ4n) is 3.62. The molecule has 0 aliphatic heterocycles. The average Bonchev–Trinajstić information content (AvgIpc) is 3.02. The predicted octanol–water partition coefficient (Wildman–Crippen LogP) is 4.26. The first-order chi connectivity index (χ1) is 13.0. The van der Waals surface area contributed by atoms with Crippen molar-refractivity contribution in [3.8, 4) is 0 Å². The molecule has 0 N–H and O–H groups in total. The maximum atomic E-state index is 13.3. The van der Waals surface area contributed by atoms with Crippen molar-refractivity contribution in [3.63, 3.8) is 0 Å². The van der Waals surface area contributed by atoms with Crippen LogP contribution in [0.2, 0.25) is 0 Å². The topological polar surface area (TPSA) is 55.5 Å². The highest BCUT2D eigenvalue weighted by atomic mass is 16.4. The molecule has 5 heteroatoms. The molecule has 0 aliphatic rings. The molecule has 27 heavy (non-hydrogen) atoms. The smallest absolute Gasteiger partial charge is 0.345 e. The number of carbonyl (C=O) groups is 1. The van der Waals surface area contributed by atoms with E-state index in [-0.39, 0.29) is 5.91 Å². The van der Waals surface area contributed by atoms with Crippen LogP contribution >= 0.6 is 0 Å². The highest BCUT2D eigenvalue weighted by molar-refractivity contribution is 6.11. The minimum absolute atomic E-state index is 0.144. The second-order valence-corrected chi connectivity index (χ2v) is 6.57. The lowest BCUT2D eigenvalue weighted by Crippen LogP contribution is -2.32. The highest BCUT2D eigenvalue weighted by Gasteiger charge is 2.23. The minimum Gasteiger partial charge on any atom is -0.422 e. The van der Waals surface area contributed by atoms with Gasteiger partial charge in [-0.25, -0.2) is 4.79 Å². The van der Waals surface area contributed by atoms with Gasteiger partial charge in [0.05, 0.1) is 10.9 Å². The maximum Gasteiger partial charge on any atom is 0.345 e. The Bertz CT molecular complexity index is 1230. The molecule has 0 radical (unpaired) electrons. The van der Waals surface area contributed by atoms with Gasteiger partial charge in [-0.05, 0) is 43.7 Å². The summed E-state index contributed by atoms with van der Waals surface area (Å²) in [5.74, 6) is -0.144. The van der Waals surface area contributed by atoms with Crippen molar-refractivity contribution in [3.05, 3.63) is 76.3 Å². The van der Waals surface area contributed by atoms with E-state index in [1.807, 2.05) is 63.4 Å². The molecule has 0 saturated carbocycles. The molecule has 1 amide bonds. The largest absolute Gasteiger partial charge is 0.422 e. The summed E-state index contributed by atoms with van der Waals surface area (Å²) in [4.78, 5) is 27.5. The van der Waals surface area contributed by atoms with E-state index in [4.69, 9.17) is 4.42 Å². The number of para-hydroxylation sites is 2. The fourth-order valence-corrected chi connectivity index (χ4v) is 3.62. The molecule has 0 fully saturated rings. The third kappa shape index (κ3) is 2.63. The van der Waals surface area contributed by atoms with E-state index in [1.165, 1.54) is 0 Å². The lowest BCUT2D eigenvalue weighted by Gasteiger charge is -2.23. The first-order valence-electron chi connectivity index (χ1n) is 8.91. The Hall–Kier alpha value is -3.34. The van der Waals surface area contributed by atoms with Crippen LogP contribution in [0.25, 0.3) is 21.9 Å². The van der Waals surface area contributed by atoms with Crippen LogP contribution in [0.4, 0.5) is 5.69 Å². The molecule has 4 rings (SSSR count). The summed E-state index contributed by atoms with van der Waals surface area (Å²) in [6, 6.07) is 16.8. The SMILES string of the molecule is CCN(C(=O)c1cc2c(=O)oc3ccccc3c2n1C)c1ccccc1C. The average molecular weight is 360 g/mol. The van der Waals surface area contributed by atoms with Crippen LogP contribution < -0.4 is 10.5 Å². The second kappa shape index (κ2) is 6.43. The van der Waals surface area contributed by atoms with Gasteiger partial charge in [0.2, 0.25) is 0 Å². The molecule has 2 heterocycles. The van der Waals surface area contributed by atoms with E-state index in [0.29, 0.717) is 28.7 Å². The molecule has 0 spiro atoms. The van der Waals surface area contributed by atoms with Crippen molar-refractivity contribution in [1.29, 1.82) is 0 Å². The van der Waals surface area contributed by atoms with Crippen molar-refractivity contribution in [1.82, 2.24) is 4.57 Å². The Morgan fingerprint density at radius 2 is 1.78 bits per heavy atom. The van der Waals surface area contributed by atoms with Gasteiger partial charge in [0.1, 0.15) is 11.3 Å². The van der Waals surface area contributed by atoms with Crippen molar-refractivity contribution in [2.24, 2.45) is 7.05 Å². The van der Waals surface area contributed by atoms with E-state index in [2.05, 4.69) is 0 Å². The summed E-state index contributed by atoms with van der Waals surface area (Å²) >= 11 is 0. The monoisotopic (exact) mass is 360 g/mol. The number of benzene rings is 2. The standard InChI is InChI=1S/C22H20N2O3/c1-4-24(17-11-7-5-9-14(17)2)21(25)18-13-16-20(23(18)3)15-10-6-8-12-19(15)27-22(16)26/h5-13H,4H2,1-3H3. The quantitative estimate of drug-likeness (QED) is 0.513. The Morgan fingerprint density at radius 1 is 1.07 bits per heavy atom. The van der Waals surface area contributed by atoms with E-state index >= 15 is 0 Å². The number of hydrogen-bond acceptors (Lipinski definition) is 3. The second-order valence-electron chi connectivity index (χ2n) is 6.57. The summed E-state index contributed by atoms with van der Waals surface area (Å²) in [5.41, 5.74) is 3.15. The molecule has 2 aromatic heterocycles. The van der Waals surface area contributed by atoms with Crippen molar-refractivity contribution >= 4 is 33.5 Å². The summed E-state index contributed by atoms with van der Waals surface area (Å²) in [6.07, 6.45) is 0. The van der Waals surface area contributed by atoms with Gasteiger partial charge in [0.15, 0.2) is 0 Å². The first-order valence-corrected chi connectivity index (χ1v) is 8.91. The van der Waals surface area contributed by atoms with Gasteiger partial charge in [0, 0.05) is 24.7 Å². The zero-order valence-corrected chi connectivity index (χ0v) is 15.5. The van der Waals surface area contributed by atoms with Gasteiger partial charge < -0.3 is 13.9 Å². The molecule has 4 aromatic rings. The normalized spacial score (nSPS) is 11.2. The van der Waals surface area contributed by atoms with Gasteiger partial charge in [-0.1, -0.05) is 30.3 Å². The lowest BCUT2D eigenvalue weighted by molar-refractivity contribution is 0.0981. The highest BCUT2D eigenvalue weighted by Crippen LogP contribution is 2.27. The lowest BCUT2D eigenvalue weighted by atomic mass is 10.1. The van der Waals surface area contributed by atoms with Gasteiger partial charge in [-0.15, -0.1) is 0 Å². The third-order valence-corrected chi connectivity index (χ3v) is 4.98. The molecular formula is C22H20N2O3. The Morgan fingerprint density at radius 3 is 2.52 bits per heavy atom. The van der Waals surface area contributed by atoms with Gasteiger partial charge >= 0.3 is 5.63 Å². The minimum atomic E-state index is -0.433. The van der Waals surface area contributed by atoms with Gasteiger partial charge in [-0.3, -0.25) is 4.79 Å². The zero-order valence-electron chi connectivity index (χ0n) is 15.5. The Kier molecular flexibility index (Phi) is 4.07. The summed E-state index contributed by atoms with van der Waals surface area (Å²) in [6.45, 7) is 4.45. The molecule has 0 unspecified atom stereocenters. The molecule has 5 nitrogen and oxygen atoms in total. The van der Waals surface area contributed by atoms with Crippen LogP contribution in [0.1, 0.15) is 23.0 Å². The molecule has 2 aromatic carbocycles. The van der Waals surface area contributed by atoms with Crippen LogP contribution in [-0.2, 0) is 7.05 Å². The third-order valence-electron chi connectivity index (χ3n) is 4.98. The molecule has 0 atom stereocenters. The van der Waals surface area contributed by atoms with E-state index in [0.717, 1.165) is 16.6 Å². The van der Waals surface area contributed by atoms with Crippen LogP contribution in [0.15, 0.2) is 63.8 Å². The first kappa shape index (κ1) is 17.1. The number of aromatic nitrogens is 1. The van der Waals surface area contributed by atoms with E-state index in [1.54, 1.807) is 21.6 Å². The molecule has 0 saturated heterocycles. The summed E-state index contributed by atoms with van der Waals surface area (Å²) in [5, 5.41) is 1.23. The van der Waals surface area contributed by atoms with Crippen LogP contribution in [0.5, 0.6) is 0 Å². The number of nitrogens with zero attached hydrogens (tertiary/aromatic N) is 2. The van der Waals surface area contributed by atoms with Crippen molar-refractivity contribution in [2.45, 2.75) is 13.8 Å². The van der Waals surface area contributed by atoms with Gasteiger partial charge in [0.25, 0.3) is 5.91 Å². The number of fused-ring (bicyclic) bond motifs is 3. The molecular weight excluding hydrogens is 340 g/mol. The fraction of sp³-hybridized carbons (Fsp3) is 0.182. The number of anilines is 1. The van der Waals surface area contributed by atoms with Crippen molar-refractivity contribution in [2.75, 3.05) is 11.4 Å². The van der Waals surface area contributed by atoms with Crippen LogP contribution in [0.3, 0.4) is 0 Å². The molecule has 0 aliphatic carbocycles. The summed E-state index contributed by atoms with van der Waals surface area (Å²) in [7, 11) is 1.81. The van der Waals surface area contributed by atoms with Crippen molar-refractivity contribution < 1.29 is 9.21 Å². The maximum absolute atomic E-state index is 13.3. The Balaban J connectivity index is 1.94. The van der Waals surface area contributed by atoms with Gasteiger partial charge in [-0.2, -0.15) is 0 Å². The van der Waals surface area contributed by atoms with E-state index in [9.17, 15) is 9.59 Å². The number of carbonyl (C=O) groups excluding carboxylic acids is 1. The number of hydrogen-bond donors (Lipinski definition) is 0.